The highest BCUT2D eigenvalue weighted by atomic mass is 15.1. The average Bonchev–Trinajstić information content (AvgIpc) is 2.16. The van der Waals surface area contributed by atoms with Crippen LogP contribution in [-0.2, 0) is 0 Å². The molecule has 0 rings (SSSR count). The first-order valence-corrected chi connectivity index (χ1v) is 6.70. The highest BCUT2D eigenvalue weighted by Crippen LogP contribution is 2.21. The van der Waals surface area contributed by atoms with Crippen molar-refractivity contribution >= 4 is 0 Å². The van der Waals surface area contributed by atoms with E-state index in [0.29, 0.717) is 17.5 Å². The molecule has 0 bridgehead atoms. The first-order chi connectivity index (χ1) is 7.32. The normalized spacial score (nSPS) is 16.5. The summed E-state index contributed by atoms with van der Waals surface area (Å²) in [7, 11) is 4.32. The minimum absolute atomic E-state index is 0.351. The Bertz CT molecular complexity index is 172. The molecular formula is C14H32N2. The fourth-order valence-corrected chi connectivity index (χ4v) is 2.20. The van der Waals surface area contributed by atoms with E-state index in [0.717, 1.165) is 0 Å². The van der Waals surface area contributed by atoms with Crippen LogP contribution >= 0.6 is 0 Å². The Morgan fingerprint density at radius 1 is 1.19 bits per heavy atom. The van der Waals surface area contributed by atoms with Crippen molar-refractivity contribution in [3.63, 3.8) is 0 Å². The van der Waals surface area contributed by atoms with E-state index in [9.17, 15) is 0 Å². The second kappa shape index (κ2) is 7.29. The van der Waals surface area contributed by atoms with Crippen molar-refractivity contribution in [3.05, 3.63) is 0 Å². The fraction of sp³-hybridized carbons (Fsp3) is 1.00. The van der Waals surface area contributed by atoms with E-state index < -0.39 is 0 Å². The summed E-state index contributed by atoms with van der Waals surface area (Å²) in [5.74, 6) is 0. The molecule has 0 radical (unpaired) electrons. The van der Waals surface area contributed by atoms with Gasteiger partial charge in [0.1, 0.15) is 0 Å². The third-order valence-corrected chi connectivity index (χ3v) is 3.62. The average molecular weight is 228 g/mol. The summed E-state index contributed by atoms with van der Waals surface area (Å²) in [6.45, 7) is 12.7. The summed E-state index contributed by atoms with van der Waals surface area (Å²) >= 11 is 0. The Morgan fingerprint density at radius 3 is 2.12 bits per heavy atom. The van der Waals surface area contributed by atoms with Gasteiger partial charge in [-0.1, -0.05) is 34.1 Å². The first-order valence-electron chi connectivity index (χ1n) is 6.70. The number of hydrogen-bond donors (Lipinski definition) is 1. The third-order valence-electron chi connectivity index (χ3n) is 3.62. The van der Waals surface area contributed by atoms with Gasteiger partial charge < -0.3 is 10.2 Å². The van der Waals surface area contributed by atoms with E-state index in [1.54, 1.807) is 0 Å². The van der Waals surface area contributed by atoms with Gasteiger partial charge in [0.05, 0.1) is 0 Å². The lowest BCUT2D eigenvalue weighted by Gasteiger charge is -2.33. The van der Waals surface area contributed by atoms with Crippen LogP contribution in [0.1, 0.15) is 53.9 Å². The molecule has 2 unspecified atom stereocenters. The molecule has 0 aromatic carbocycles. The molecule has 0 aliphatic carbocycles. The molecule has 1 N–H and O–H groups in total. The summed E-state index contributed by atoms with van der Waals surface area (Å²) in [6.07, 6.45) is 3.81. The molecule has 0 aliphatic rings. The van der Waals surface area contributed by atoms with Crippen molar-refractivity contribution in [2.24, 2.45) is 5.41 Å². The first kappa shape index (κ1) is 15.9. The Hall–Kier alpha value is -0.0800. The number of nitrogens with one attached hydrogen (secondary N) is 1. The molecule has 0 aromatic rings. The van der Waals surface area contributed by atoms with E-state index in [1.807, 2.05) is 0 Å². The molecule has 98 valence electrons. The van der Waals surface area contributed by atoms with Crippen molar-refractivity contribution in [1.82, 2.24) is 10.2 Å². The maximum atomic E-state index is 3.44. The van der Waals surface area contributed by atoms with Crippen molar-refractivity contribution in [1.29, 1.82) is 0 Å². The zero-order valence-electron chi connectivity index (χ0n) is 12.4. The molecule has 0 saturated carbocycles. The highest BCUT2D eigenvalue weighted by molar-refractivity contribution is 4.80. The lowest BCUT2D eigenvalue weighted by atomic mass is 9.85. The van der Waals surface area contributed by atoms with E-state index >= 15 is 0 Å². The molecule has 0 aliphatic heterocycles. The summed E-state index contributed by atoms with van der Waals surface area (Å²) in [4.78, 5) is 2.49. The Balaban J connectivity index is 4.02. The molecule has 0 amide bonds. The van der Waals surface area contributed by atoms with Crippen LogP contribution in [0.4, 0.5) is 0 Å². The molecule has 2 atom stereocenters. The lowest BCUT2D eigenvalue weighted by Crippen LogP contribution is -2.41. The molecule has 0 fully saturated rings. The quantitative estimate of drug-likeness (QED) is 0.720. The van der Waals surface area contributed by atoms with Crippen molar-refractivity contribution in [2.75, 3.05) is 20.6 Å². The second-order valence-corrected chi connectivity index (χ2v) is 6.11. The van der Waals surface area contributed by atoms with Crippen LogP contribution in [0.15, 0.2) is 0 Å². The van der Waals surface area contributed by atoms with Crippen molar-refractivity contribution in [2.45, 2.75) is 66.0 Å². The lowest BCUT2D eigenvalue weighted by molar-refractivity contribution is 0.197. The maximum absolute atomic E-state index is 3.44. The molecule has 0 spiro atoms. The van der Waals surface area contributed by atoms with E-state index in [-0.39, 0.29) is 0 Å². The summed E-state index contributed by atoms with van der Waals surface area (Å²) in [5, 5.41) is 3.44. The summed E-state index contributed by atoms with van der Waals surface area (Å²) in [6, 6.07) is 1.31. The van der Waals surface area contributed by atoms with E-state index in [2.05, 4.69) is 58.9 Å². The molecule has 2 nitrogen and oxygen atoms in total. The molecule has 0 aromatic heterocycles. The third kappa shape index (κ3) is 5.86. The van der Waals surface area contributed by atoms with Gasteiger partial charge in [-0.05, 0) is 45.8 Å². The van der Waals surface area contributed by atoms with Crippen LogP contribution < -0.4 is 5.32 Å². The summed E-state index contributed by atoms with van der Waals surface area (Å²) < 4.78 is 0. The van der Waals surface area contributed by atoms with Gasteiger partial charge >= 0.3 is 0 Å². The monoisotopic (exact) mass is 228 g/mol. The Kier molecular flexibility index (Phi) is 7.25. The van der Waals surface area contributed by atoms with E-state index in [4.69, 9.17) is 0 Å². The van der Waals surface area contributed by atoms with Crippen molar-refractivity contribution in [3.8, 4) is 0 Å². The molecule has 0 heterocycles. The molecule has 16 heavy (non-hydrogen) atoms. The van der Waals surface area contributed by atoms with Crippen LogP contribution in [-0.4, -0.2) is 37.6 Å². The number of rotatable bonds is 7. The molecule has 0 saturated heterocycles. The minimum atomic E-state index is 0.351. The highest BCUT2D eigenvalue weighted by Gasteiger charge is 2.23. The van der Waals surface area contributed by atoms with Crippen LogP contribution in [0.25, 0.3) is 0 Å². The van der Waals surface area contributed by atoms with Gasteiger partial charge in [-0.15, -0.1) is 0 Å². The fourth-order valence-electron chi connectivity index (χ4n) is 2.20. The van der Waals surface area contributed by atoms with Crippen LogP contribution in [0.3, 0.4) is 0 Å². The van der Waals surface area contributed by atoms with Gasteiger partial charge in [-0.2, -0.15) is 0 Å². The topological polar surface area (TPSA) is 15.3 Å². The van der Waals surface area contributed by atoms with Crippen LogP contribution in [0, 0.1) is 5.41 Å². The van der Waals surface area contributed by atoms with Gasteiger partial charge in [0.2, 0.25) is 0 Å². The van der Waals surface area contributed by atoms with Gasteiger partial charge in [0.15, 0.2) is 0 Å². The predicted molar refractivity (Wildman–Crippen MR) is 73.9 cm³/mol. The molecular weight excluding hydrogens is 196 g/mol. The van der Waals surface area contributed by atoms with Crippen LogP contribution in [0.5, 0.6) is 0 Å². The summed E-state index contributed by atoms with van der Waals surface area (Å²) in [5.41, 5.74) is 0.351. The predicted octanol–water partition coefficient (Wildman–Crippen LogP) is 3.13. The van der Waals surface area contributed by atoms with Gasteiger partial charge in [0, 0.05) is 12.1 Å². The smallest absolute Gasteiger partial charge is 0.0125 e. The standard InChI is InChI=1S/C14H32N2/c1-8-9-12(2)16(7)11-10-13(15-6)14(3,4)5/h12-13,15H,8-11H2,1-7H3. The largest absolute Gasteiger partial charge is 0.316 e. The van der Waals surface area contributed by atoms with Gasteiger partial charge in [0.25, 0.3) is 0 Å². The Morgan fingerprint density at radius 2 is 1.75 bits per heavy atom. The van der Waals surface area contributed by atoms with Crippen LogP contribution in [0.2, 0.25) is 0 Å². The molecule has 2 heteroatoms. The zero-order valence-corrected chi connectivity index (χ0v) is 12.4. The number of nitrogens with zero attached hydrogens (tertiary/aromatic N) is 1. The SMILES string of the molecule is CCCC(C)N(C)CCC(NC)C(C)(C)C. The second-order valence-electron chi connectivity index (χ2n) is 6.11. The van der Waals surface area contributed by atoms with E-state index in [1.165, 1.54) is 25.8 Å². The Labute approximate surface area is 103 Å². The van der Waals surface area contributed by atoms with Gasteiger partial charge in [-0.3, -0.25) is 0 Å². The maximum Gasteiger partial charge on any atom is 0.0125 e. The minimum Gasteiger partial charge on any atom is -0.316 e. The van der Waals surface area contributed by atoms with Crippen molar-refractivity contribution < 1.29 is 0 Å². The van der Waals surface area contributed by atoms with Gasteiger partial charge in [-0.25, -0.2) is 0 Å². The number of hydrogen-bond acceptors (Lipinski definition) is 2. The zero-order chi connectivity index (χ0) is 12.8.